The Balaban J connectivity index is 0.00000264. The topological polar surface area (TPSA) is 46.3 Å². The lowest BCUT2D eigenvalue weighted by Gasteiger charge is -2.36. The van der Waals surface area contributed by atoms with Gasteiger partial charge in [0.05, 0.1) is 5.92 Å². The smallest absolute Gasteiger partial charge is 0.230 e. The lowest BCUT2D eigenvalue weighted by Crippen LogP contribution is -2.45. The molecule has 1 aliphatic rings. The second kappa shape index (κ2) is 8.91. The zero-order valence-corrected chi connectivity index (χ0v) is 15.7. The molecule has 1 amide bonds. The van der Waals surface area contributed by atoms with Crippen LogP contribution in [0.25, 0.3) is 0 Å². The Morgan fingerprint density at radius 2 is 1.87 bits per heavy atom. The van der Waals surface area contributed by atoms with Crippen LogP contribution in [0.3, 0.4) is 0 Å². The van der Waals surface area contributed by atoms with Gasteiger partial charge in [-0.25, -0.2) is 0 Å². The minimum atomic E-state index is -0.120. The summed E-state index contributed by atoms with van der Waals surface area (Å²) in [6.45, 7) is 7.88. The first kappa shape index (κ1) is 20.3. The highest BCUT2D eigenvalue weighted by molar-refractivity contribution is 6.30. The second-order valence-corrected chi connectivity index (χ2v) is 7.23. The Bertz CT molecular complexity index is 511. The van der Waals surface area contributed by atoms with Crippen molar-refractivity contribution in [3.8, 4) is 0 Å². The lowest BCUT2D eigenvalue weighted by atomic mass is 9.85. The summed E-state index contributed by atoms with van der Waals surface area (Å²) in [6, 6.07) is 7.90. The third-order valence-corrected chi connectivity index (χ3v) is 4.97. The van der Waals surface area contributed by atoms with Gasteiger partial charge in [-0.1, -0.05) is 37.6 Å². The van der Waals surface area contributed by atoms with Crippen LogP contribution >= 0.6 is 24.0 Å². The van der Waals surface area contributed by atoms with Gasteiger partial charge in [-0.3, -0.25) is 4.79 Å². The van der Waals surface area contributed by atoms with Crippen molar-refractivity contribution in [2.75, 3.05) is 13.1 Å². The van der Waals surface area contributed by atoms with E-state index in [-0.39, 0.29) is 36.2 Å². The molecule has 1 aliphatic heterocycles. The van der Waals surface area contributed by atoms with Crippen LogP contribution in [0.15, 0.2) is 24.3 Å². The van der Waals surface area contributed by atoms with Crippen molar-refractivity contribution in [2.45, 2.75) is 45.6 Å². The van der Waals surface area contributed by atoms with E-state index in [1.165, 1.54) is 0 Å². The summed E-state index contributed by atoms with van der Waals surface area (Å²) >= 11 is 6.10. The minimum absolute atomic E-state index is 0. The molecule has 0 radical (unpaired) electrons. The quantitative estimate of drug-likeness (QED) is 0.880. The molecule has 130 valence electrons. The summed E-state index contributed by atoms with van der Waals surface area (Å²) < 4.78 is 0. The number of rotatable bonds is 4. The Morgan fingerprint density at radius 3 is 2.35 bits per heavy atom. The van der Waals surface area contributed by atoms with Gasteiger partial charge in [-0.2, -0.15) is 0 Å². The highest BCUT2D eigenvalue weighted by Crippen LogP contribution is 2.30. The number of hydrogen-bond acceptors (Lipinski definition) is 2. The first-order chi connectivity index (χ1) is 10.4. The van der Waals surface area contributed by atoms with Gasteiger partial charge in [0.25, 0.3) is 0 Å². The van der Waals surface area contributed by atoms with Crippen molar-refractivity contribution >= 4 is 29.9 Å². The molecule has 2 N–H and O–H groups in total. The van der Waals surface area contributed by atoms with E-state index in [1.54, 1.807) is 0 Å². The van der Waals surface area contributed by atoms with Crippen molar-refractivity contribution in [3.63, 3.8) is 0 Å². The van der Waals surface area contributed by atoms with Gasteiger partial charge in [0.15, 0.2) is 0 Å². The zero-order chi connectivity index (χ0) is 16.3. The van der Waals surface area contributed by atoms with Crippen LogP contribution in [0.4, 0.5) is 0 Å². The third kappa shape index (κ3) is 5.10. The van der Waals surface area contributed by atoms with Crippen LogP contribution in [0.1, 0.15) is 45.1 Å². The standard InChI is InChI=1S/C18H27ClN2O.ClH/c1-12(2)17(15-5-4-6-16(19)11-15)18(22)21-9-7-14(8-10-21)13(3)20;/h4-6,11-14,17H,7-10,20H2,1-3H3;1H. The first-order valence-electron chi connectivity index (χ1n) is 8.20. The normalized spacial score (nSPS) is 18.4. The van der Waals surface area contributed by atoms with E-state index < -0.39 is 0 Å². The van der Waals surface area contributed by atoms with Crippen molar-refractivity contribution in [2.24, 2.45) is 17.6 Å². The molecule has 1 aromatic carbocycles. The van der Waals surface area contributed by atoms with E-state index in [2.05, 4.69) is 20.8 Å². The molecule has 0 aromatic heterocycles. The summed E-state index contributed by atoms with van der Waals surface area (Å²) in [6.07, 6.45) is 2.01. The molecule has 0 bridgehead atoms. The number of benzene rings is 1. The molecule has 0 spiro atoms. The Labute approximate surface area is 151 Å². The summed E-state index contributed by atoms with van der Waals surface area (Å²) in [5, 5.41) is 0.687. The molecule has 1 fully saturated rings. The molecule has 0 saturated carbocycles. The second-order valence-electron chi connectivity index (χ2n) is 6.80. The predicted molar refractivity (Wildman–Crippen MR) is 99.2 cm³/mol. The first-order valence-corrected chi connectivity index (χ1v) is 8.57. The van der Waals surface area contributed by atoms with Gasteiger partial charge in [0.2, 0.25) is 5.91 Å². The molecule has 2 atom stereocenters. The van der Waals surface area contributed by atoms with Gasteiger partial charge in [0, 0.05) is 24.2 Å². The summed E-state index contributed by atoms with van der Waals surface area (Å²) in [5.41, 5.74) is 7.00. The molecule has 1 saturated heterocycles. The monoisotopic (exact) mass is 358 g/mol. The van der Waals surface area contributed by atoms with Crippen LogP contribution in [-0.2, 0) is 4.79 Å². The highest BCUT2D eigenvalue weighted by atomic mass is 35.5. The van der Waals surface area contributed by atoms with E-state index in [4.69, 9.17) is 17.3 Å². The maximum atomic E-state index is 13.0. The Morgan fingerprint density at radius 1 is 1.26 bits per heavy atom. The number of nitrogens with two attached hydrogens (primary N) is 1. The van der Waals surface area contributed by atoms with Crippen molar-refractivity contribution in [1.29, 1.82) is 0 Å². The molecule has 2 rings (SSSR count). The number of amides is 1. The van der Waals surface area contributed by atoms with E-state index in [9.17, 15) is 4.79 Å². The fourth-order valence-corrected chi connectivity index (χ4v) is 3.55. The number of nitrogens with zero attached hydrogens (tertiary/aromatic N) is 1. The average molecular weight is 359 g/mol. The van der Waals surface area contributed by atoms with Crippen LogP contribution in [0, 0.1) is 11.8 Å². The van der Waals surface area contributed by atoms with Crippen molar-refractivity contribution < 1.29 is 4.79 Å². The van der Waals surface area contributed by atoms with Gasteiger partial charge in [-0.05, 0) is 49.3 Å². The molecule has 5 heteroatoms. The van der Waals surface area contributed by atoms with Crippen LogP contribution < -0.4 is 5.73 Å². The summed E-state index contributed by atoms with van der Waals surface area (Å²) in [4.78, 5) is 15.0. The van der Waals surface area contributed by atoms with E-state index in [0.29, 0.717) is 10.9 Å². The number of carbonyl (C=O) groups excluding carboxylic acids is 1. The van der Waals surface area contributed by atoms with Gasteiger partial charge < -0.3 is 10.6 Å². The van der Waals surface area contributed by atoms with Gasteiger partial charge in [0.1, 0.15) is 0 Å². The number of piperidine rings is 1. The number of halogens is 2. The van der Waals surface area contributed by atoms with Crippen molar-refractivity contribution in [3.05, 3.63) is 34.9 Å². The fraction of sp³-hybridized carbons (Fsp3) is 0.611. The van der Waals surface area contributed by atoms with Crippen molar-refractivity contribution in [1.82, 2.24) is 4.90 Å². The molecule has 0 aliphatic carbocycles. The maximum absolute atomic E-state index is 13.0. The van der Waals surface area contributed by atoms with Crippen LogP contribution in [-0.4, -0.2) is 29.9 Å². The molecule has 1 aromatic rings. The lowest BCUT2D eigenvalue weighted by molar-refractivity contribution is -0.135. The molecule has 2 unspecified atom stereocenters. The number of carbonyl (C=O) groups is 1. The predicted octanol–water partition coefficient (Wildman–Crippen LogP) is 4.09. The average Bonchev–Trinajstić information content (AvgIpc) is 2.47. The fourth-order valence-electron chi connectivity index (χ4n) is 3.35. The molecule has 3 nitrogen and oxygen atoms in total. The molecular weight excluding hydrogens is 331 g/mol. The third-order valence-electron chi connectivity index (χ3n) is 4.74. The summed E-state index contributed by atoms with van der Waals surface area (Å²) in [7, 11) is 0. The highest BCUT2D eigenvalue weighted by Gasteiger charge is 2.31. The Hall–Kier alpha value is -0.770. The van der Waals surface area contributed by atoms with Crippen LogP contribution in [0.5, 0.6) is 0 Å². The Kier molecular flexibility index (Phi) is 7.85. The maximum Gasteiger partial charge on any atom is 0.230 e. The van der Waals surface area contributed by atoms with E-state index in [1.807, 2.05) is 29.2 Å². The molecular formula is C18H28Cl2N2O. The van der Waals surface area contributed by atoms with E-state index in [0.717, 1.165) is 31.5 Å². The van der Waals surface area contributed by atoms with Crippen LogP contribution in [0.2, 0.25) is 5.02 Å². The zero-order valence-electron chi connectivity index (χ0n) is 14.2. The minimum Gasteiger partial charge on any atom is -0.342 e. The summed E-state index contributed by atoms with van der Waals surface area (Å²) in [5.74, 6) is 0.885. The largest absolute Gasteiger partial charge is 0.342 e. The SMILES string of the molecule is CC(C)C(C(=O)N1CCC(C(C)N)CC1)c1cccc(Cl)c1.Cl. The molecule has 1 heterocycles. The number of likely N-dealkylation sites (tertiary alicyclic amines) is 1. The number of hydrogen-bond donors (Lipinski definition) is 1. The van der Waals surface area contributed by atoms with Gasteiger partial charge >= 0.3 is 0 Å². The van der Waals surface area contributed by atoms with E-state index >= 15 is 0 Å². The van der Waals surface area contributed by atoms with Gasteiger partial charge in [-0.15, -0.1) is 12.4 Å². The molecule has 23 heavy (non-hydrogen) atoms.